The van der Waals surface area contributed by atoms with E-state index in [2.05, 4.69) is 22.3 Å². The Labute approximate surface area is 166 Å². The maximum atomic E-state index is 6.39. The molecule has 150 valence electrons. The molecule has 0 amide bonds. The van der Waals surface area contributed by atoms with Crippen molar-refractivity contribution in [1.29, 1.82) is 0 Å². The summed E-state index contributed by atoms with van der Waals surface area (Å²) in [5, 5.41) is 3.43. The van der Waals surface area contributed by atoms with Crippen molar-refractivity contribution in [3.05, 3.63) is 53.6 Å². The van der Waals surface area contributed by atoms with Gasteiger partial charge in [0, 0.05) is 37.8 Å². The van der Waals surface area contributed by atoms with Gasteiger partial charge in [-0.05, 0) is 23.8 Å². The Bertz CT molecular complexity index is 770. The van der Waals surface area contributed by atoms with Gasteiger partial charge in [-0.3, -0.25) is 4.90 Å². The fraction of sp³-hybridized carbons (Fsp3) is 0.455. The molecule has 2 aromatic carbocycles. The van der Waals surface area contributed by atoms with Crippen molar-refractivity contribution in [1.82, 2.24) is 10.2 Å². The third kappa shape index (κ3) is 4.09. The first-order chi connectivity index (χ1) is 13.8. The number of nitrogens with one attached hydrogen (secondary N) is 1. The molecule has 2 aromatic rings. The third-order valence-electron chi connectivity index (χ3n) is 5.41. The first-order valence-electron chi connectivity index (χ1n) is 9.78. The molecule has 0 bridgehead atoms. The molecule has 0 radical (unpaired) electrons. The molecule has 2 unspecified atom stereocenters. The van der Waals surface area contributed by atoms with Crippen LogP contribution in [0.15, 0.2) is 42.5 Å². The van der Waals surface area contributed by atoms with Gasteiger partial charge in [-0.1, -0.05) is 18.2 Å². The maximum absolute atomic E-state index is 6.39. The van der Waals surface area contributed by atoms with E-state index in [1.54, 1.807) is 14.2 Å². The van der Waals surface area contributed by atoms with Gasteiger partial charge in [0.2, 0.25) is 0 Å². The molecule has 1 N–H and O–H groups in total. The van der Waals surface area contributed by atoms with E-state index in [1.807, 2.05) is 30.3 Å². The Morgan fingerprint density at radius 3 is 2.46 bits per heavy atom. The lowest BCUT2D eigenvalue weighted by Gasteiger charge is -2.42. The van der Waals surface area contributed by atoms with E-state index in [4.69, 9.17) is 18.9 Å². The maximum Gasteiger partial charge on any atom is 0.124 e. The predicted octanol–water partition coefficient (Wildman–Crippen LogP) is 2.63. The lowest BCUT2D eigenvalue weighted by molar-refractivity contribution is -0.0617. The number of ether oxygens (including phenoxy) is 4. The van der Waals surface area contributed by atoms with Crippen molar-refractivity contribution in [2.24, 2.45) is 0 Å². The summed E-state index contributed by atoms with van der Waals surface area (Å²) in [6.07, 6.45) is -0.0369. The van der Waals surface area contributed by atoms with Crippen molar-refractivity contribution in [2.45, 2.75) is 18.8 Å². The van der Waals surface area contributed by atoms with Crippen molar-refractivity contribution in [3.63, 3.8) is 0 Å². The lowest BCUT2D eigenvalue weighted by Crippen LogP contribution is -2.51. The Kier molecular flexibility index (Phi) is 6.00. The van der Waals surface area contributed by atoms with Gasteiger partial charge in [0.25, 0.3) is 0 Å². The van der Waals surface area contributed by atoms with Crippen LogP contribution in [0.1, 0.15) is 17.2 Å². The molecule has 2 heterocycles. The van der Waals surface area contributed by atoms with Crippen molar-refractivity contribution in [2.75, 3.05) is 47.0 Å². The minimum atomic E-state index is -0.0369. The Morgan fingerprint density at radius 1 is 1.04 bits per heavy atom. The molecule has 1 saturated heterocycles. The highest BCUT2D eigenvalue weighted by molar-refractivity contribution is 5.39. The molecule has 0 saturated carbocycles. The highest BCUT2D eigenvalue weighted by Crippen LogP contribution is 2.38. The van der Waals surface area contributed by atoms with E-state index in [0.717, 1.165) is 49.0 Å². The standard InChI is InChI=1S/C22H28N2O4/c1-25-17-11-16(12-18(13-17)26-2)14-27-21-15-28-20-6-4-3-5-19(20)22(21)24-9-7-23-8-10-24/h3-6,11-13,21-23H,7-10,14-15H2,1-2H3. The van der Waals surface area contributed by atoms with Crippen LogP contribution in [0.25, 0.3) is 0 Å². The molecule has 2 aliphatic heterocycles. The number of piperazine rings is 1. The van der Waals surface area contributed by atoms with Crippen LogP contribution in [0.5, 0.6) is 17.2 Å². The smallest absolute Gasteiger partial charge is 0.124 e. The zero-order chi connectivity index (χ0) is 19.3. The minimum Gasteiger partial charge on any atom is -0.497 e. The number of hydrogen-bond acceptors (Lipinski definition) is 6. The molecule has 6 nitrogen and oxygen atoms in total. The number of rotatable bonds is 6. The molecular formula is C22H28N2O4. The van der Waals surface area contributed by atoms with Crippen LogP contribution >= 0.6 is 0 Å². The van der Waals surface area contributed by atoms with Gasteiger partial charge >= 0.3 is 0 Å². The number of hydrogen-bond donors (Lipinski definition) is 1. The second kappa shape index (κ2) is 8.82. The van der Waals surface area contributed by atoms with E-state index in [1.165, 1.54) is 5.56 Å². The molecule has 6 heteroatoms. The molecule has 28 heavy (non-hydrogen) atoms. The summed E-state index contributed by atoms with van der Waals surface area (Å²) in [6.45, 7) is 5.04. The normalized spacial score (nSPS) is 22.2. The van der Waals surface area contributed by atoms with Gasteiger partial charge in [0.15, 0.2) is 0 Å². The topological polar surface area (TPSA) is 52.2 Å². The predicted molar refractivity (Wildman–Crippen MR) is 107 cm³/mol. The van der Waals surface area contributed by atoms with Crippen molar-refractivity contribution in [3.8, 4) is 17.2 Å². The summed E-state index contributed by atoms with van der Waals surface area (Å²) in [4.78, 5) is 2.51. The average Bonchev–Trinajstić information content (AvgIpc) is 2.77. The Hall–Kier alpha value is -2.28. The van der Waals surface area contributed by atoms with Crippen LogP contribution in [-0.2, 0) is 11.3 Å². The Morgan fingerprint density at radius 2 is 1.75 bits per heavy atom. The van der Waals surface area contributed by atoms with Crippen LogP contribution in [0.3, 0.4) is 0 Å². The van der Waals surface area contributed by atoms with E-state index in [0.29, 0.717) is 13.2 Å². The van der Waals surface area contributed by atoms with E-state index in [9.17, 15) is 0 Å². The summed E-state index contributed by atoms with van der Waals surface area (Å²) in [5.74, 6) is 2.50. The number of para-hydroxylation sites is 1. The van der Waals surface area contributed by atoms with E-state index < -0.39 is 0 Å². The molecule has 2 aliphatic rings. The summed E-state index contributed by atoms with van der Waals surface area (Å²) >= 11 is 0. The van der Waals surface area contributed by atoms with Gasteiger partial charge < -0.3 is 24.3 Å². The zero-order valence-corrected chi connectivity index (χ0v) is 16.5. The summed E-state index contributed by atoms with van der Waals surface area (Å²) in [7, 11) is 3.32. The average molecular weight is 384 g/mol. The second-order valence-electron chi connectivity index (χ2n) is 7.15. The molecule has 0 aromatic heterocycles. The quantitative estimate of drug-likeness (QED) is 0.826. The highest BCUT2D eigenvalue weighted by Gasteiger charge is 2.36. The molecular weight excluding hydrogens is 356 g/mol. The largest absolute Gasteiger partial charge is 0.497 e. The summed E-state index contributed by atoms with van der Waals surface area (Å²) < 4.78 is 23.2. The van der Waals surface area contributed by atoms with E-state index in [-0.39, 0.29) is 12.1 Å². The summed E-state index contributed by atoms with van der Waals surface area (Å²) in [6, 6.07) is 14.3. The molecule has 0 spiro atoms. The van der Waals surface area contributed by atoms with Gasteiger partial charge in [-0.25, -0.2) is 0 Å². The Balaban J connectivity index is 1.54. The monoisotopic (exact) mass is 384 g/mol. The van der Waals surface area contributed by atoms with Crippen LogP contribution in [0.2, 0.25) is 0 Å². The van der Waals surface area contributed by atoms with Crippen LogP contribution in [0.4, 0.5) is 0 Å². The molecule has 2 atom stereocenters. The number of fused-ring (bicyclic) bond motifs is 1. The van der Waals surface area contributed by atoms with Crippen LogP contribution in [-0.4, -0.2) is 58.0 Å². The van der Waals surface area contributed by atoms with Crippen molar-refractivity contribution < 1.29 is 18.9 Å². The number of benzene rings is 2. The number of methoxy groups -OCH3 is 2. The van der Waals surface area contributed by atoms with Gasteiger partial charge in [-0.2, -0.15) is 0 Å². The van der Waals surface area contributed by atoms with E-state index >= 15 is 0 Å². The fourth-order valence-corrected chi connectivity index (χ4v) is 4.00. The van der Waals surface area contributed by atoms with Crippen molar-refractivity contribution >= 4 is 0 Å². The fourth-order valence-electron chi connectivity index (χ4n) is 4.00. The zero-order valence-electron chi connectivity index (χ0n) is 16.5. The van der Waals surface area contributed by atoms with Crippen LogP contribution in [0, 0.1) is 0 Å². The third-order valence-corrected chi connectivity index (χ3v) is 5.41. The van der Waals surface area contributed by atoms with Gasteiger partial charge in [-0.15, -0.1) is 0 Å². The first-order valence-corrected chi connectivity index (χ1v) is 9.78. The minimum absolute atomic E-state index is 0.0369. The van der Waals surface area contributed by atoms with Gasteiger partial charge in [0.05, 0.1) is 26.9 Å². The van der Waals surface area contributed by atoms with Gasteiger partial charge in [0.1, 0.15) is 30.0 Å². The van der Waals surface area contributed by atoms with Crippen LogP contribution < -0.4 is 19.5 Å². The molecule has 0 aliphatic carbocycles. The molecule has 4 rings (SSSR count). The second-order valence-corrected chi connectivity index (χ2v) is 7.15. The first kappa shape index (κ1) is 19.1. The highest BCUT2D eigenvalue weighted by atomic mass is 16.5. The summed E-state index contributed by atoms with van der Waals surface area (Å²) in [5.41, 5.74) is 2.23. The molecule has 1 fully saturated rings. The lowest BCUT2D eigenvalue weighted by atomic mass is 9.95. The number of nitrogens with zero attached hydrogens (tertiary/aromatic N) is 1. The SMILES string of the molecule is COc1cc(COC2COc3ccccc3C2N2CCNCC2)cc(OC)c1.